The Kier molecular flexibility index (Phi) is 14.0. The highest BCUT2D eigenvalue weighted by atomic mass is 32.2. The zero-order valence-corrected chi connectivity index (χ0v) is 28.8. The number of carbonyl (C=O) groups is 3. The molecule has 0 aromatic heterocycles. The van der Waals surface area contributed by atoms with Crippen LogP contribution in [0.3, 0.4) is 0 Å². The molecule has 3 aliphatic rings. The third-order valence-electron chi connectivity index (χ3n) is 9.56. The van der Waals surface area contributed by atoms with E-state index in [1.807, 2.05) is 57.5 Å². The lowest BCUT2D eigenvalue weighted by molar-refractivity contribution is -0.134. The minimum absolute atomic E-state index is 0.176. The van der Waals surface area contributed by atoms with Gasteiger partial charge in [0.2, 0.25) is 5.91 Å². The third-order valence-corrected chi connectivity index (χ3v) is 10.2. The summed E-state index contributed by atoms with van der Waals surface area (Å²) in [7, 11) is 2.00. The molecule has 1 aromatic rings. The summed E-state index contributed by atoms with van der Waals surface area (Å²) in [6.07, 6.45) is 5.87. The van der Waals surface area contributed by atoms with Crippen LogP contribution in [0.2, 0.25) is 0 Å². The second kappa shape index (κ2) is 17.7. The van der Waals surface area contributed by atoms with Crippen molar-refractivity contribution in [1.82, 2.24) is 20.4 Å². The van der Waals surface area contributed by atoms with Crippen LogP contribution in [0.4, 0.5) is 4.79 Å². The average Bonchev–Trinajstić information content (AvgIpc) is 3.38. The van der Waals surface area contributed by atoms with E-state index in [4.69, 9.17) is 14.2 Å². The number of benzene rings is 1. The van der Waals surface area contributed by atoms with Crippen LogP contribution in [-0.4, -0.2) is 121 Å². The van der Waals surface area contributed by atoms with Crippen LogP contribution in [-0.2, 0) is 30.2 Å². The maximum absolute atomic E-state index is 13.8. The van der Waals surface area contributed by atoms with E-state index in [1.54, 1.807) is 4.90 Å². The molecule has 2 saturated heterocycles. The Labute approximate surface area is 278 Å². The number of thioether (sulfide) groups is 1. The quantitative estimate of drug-likeness (QED) is 0.275. The van der Waals surface area contributed by atoms with Crippen LogP contribution in [0.25, 0.3) is 0 Å². The number of likely N-dealkylation sites (N-methyl/N-ethyl adjacent to an activating group) is 1. The summed E-state index contributed by atoms with van der Waals surface area (Å²) in [4.78, 5) is 44.5. The van der Waals surface area contributed by atoms with Crippen LogP contribution in [0.1, 0.15) is 64.4 Å². The predicted octanol–water partition coefficient (Wildman–Crippen LogP) is 3.19. The third kappa shape index (κ3) is 10.8. The van der Waals surface area contributed by atoms with E-state index in [9.17, 15) is 19.5 Å². The summed E-state index contributed by atoms with van der Waals surface area (Å²) < 4.78 is 17.3. The molecule has 3 amide bonds. The molecule has 0 bridgehead atoms. The maximum atomic E-state index is 13.8. The van der Waals surface area contributed by atoms with Gasteiger partial charge in [-0.2, -0.15) is 11.8 Å². The maximum Gasteiger partial charge on any atom is 0.410 e. The van der Waals surface area contributed by atoms with E-state index in [-0.39, 0.29) is 25.2 Å². The Balaban J connectivity index is 1.45. The first-order valence-electron chi connectivity index (χ1n) is 16.8. The number of rotatable bonds is 14. The molecule has 1 aromatic carbocycles. The van der Waals surface area contributed by atoms with Gasteiger partial charge in [-0.05, 0) is 45.1 Å². The molecule has 2 aliphatic heterocycles. The monoisotopic (exact) mass is 662 g/mol. The zero-order valence-electron chi connectivity index (χ0n) is 27.9. The first-order chi connectivity index (χ1) is 22.1. The van der Waals surface area contributed by atoms with Gasteiger partial charge in [0.25, 0.3) is 5.91 Å². The lowest BCUT2D eigenvalue weighted by Gasteiger charge is -2.34. The van der Waals surface area contributed by atoms with Crippen molar-refractivity contribution in [3.05, 3.63) is 35.9 Å². The van der Waals surface area contributed by atoms with Crippen molar-refractivity contribution < 1.29 is 33.7 Å². The number of nitrogens with one attached hydrogen (secondary N) is 2. The second-order valence-corrected chi connectivity index (χ2v) is 14.5. The molecule has 3 N–H and O–H groups in total. The van der Waals surface area contributed by atoms with Crippen LogP contribution in [0.5, 0.6) is 0 Å². The van der Waals surface area contributed by atoms with Crippen molar-refractivity contribution in [1.29, 1.82) is 0 Å². The van der Waals surface area contributed by atoms with Crippen molar-refractivity contribution in [2.45, 2.75) is 101 Å². The molecule has 46 heavy (non-hydrogen) atoms. The normalized spacial score (nSPS) is 23.2. The van der Waals surface area contributed by atoms with Gasteiger partial charge in [-0.25, -0.2) is 4.79 Å². The van der Waals surface area contributed by atoms with Crippen LogP contribution in [0.15, 0.2) is 30.3 Å². The summed E-state index contributed by atoms with van der Waals surface area (Å²) in [6.45, 7) is 6.56. The van der Waals surface area contributed by atoms with Crippen molar-refractivity contribution in [3.63, 3.8) is 0 Å². The highest BCUT2D eigenvalue weighted by Gasteiger charge is 2.40. The number of ether oxygens (including phenoxy) is 3. The summed E-state index contributed by atoms with van der Waals surface area (Å²) in [5.74, 6) is -0.168. The molecule has 12 heteroatoms. The lowest BCUT2D eigenvalue weighted by atomic mass is 9.82. The fourth-order valence-corrected chi connectivity index (χ4v) is 7.06. The molecule has 1 aliphatic carbocycles. The SMILES string of the molecule is CSC[C@H](NC(=O)[C@H](Cc1ccccc1)OC(=O)N1CCN(C)CC1)C(=O)N[C@@H](CC1CCCCC1)[C@@H](O)C[C@@H]1OCOC1(C)C. The number of nitrogens with zero attached hydrogens (tertiary/aromatic N) is 2. The average molecular weight is 663 g/mol. The largest absolute Gasteiger partial charge is 0.436 e. The fourth-order valence-electron chi connectivity index (χ4n) is 6.49. The minimum atomic E-state index is -1.11. The van der Waals surface area contributed by atoms with E-state index in [0.29, 0.717) is 37.6 Å². The standard InChI is InChI=1S/C34H54N4O7S/c1-34(2)30(43-23-44-34)21-28(39)26(19-24-11-7-5-8-12-24)35-31(40)27(22-46-4)36-32(41)29(20-25-13-9-6-10-14-25)45-33(42)38-17-15-37(3)16-18-38/h6,9-10,13-14,24,26-30,39H,5,7-8,11-12,15-23H2,1-4H3,(H,35,40)(H,36,41)/t26-,27-,28-,29-,30-/m0/s1. The van der Waals surface area contributed by atoms with Gasteiger partial charge in [0, 0.05) is 44.8 Å². The first-order valence-corrected chi connectivity index (χ1v) is 18.2. The van der Waals surface area contributed by atoms with Gasteiger partial charge < -0.3 is 39.8 Å². The Morgan fingerprint density at radius 1 is 1.02 bits per heavy atom. The molecule has 3 fully saturated rings. The number of hydrogen-bond acceptors (Lipinski definition) is 9. The lowest BCUT2D eigenvalue weighted by Crippen LogP contribution is -2.56. The number of carbonyl (C=O) groups excluding carboxylic acids is 3. The molecule has 11 nitrogen and oxygen atoms in total. The van der Waals surface area contributed by atoms with Crippen molar-refractivity contribution in [3.8, 4) is 0 Å². The van der Waals surface area contributed by atoms with Gasteiger partial charge in [0.1, 0.15) is 12.8 Å². The fraction of sp³-hybridized carbons (Fsp3) is 0.735. The van der Waals surface area contributed by atoms with E-state index in [1.165, 1.54) is 18.2 Å². The van der Waals surface area contributed by atoms with Crippen molar-refractivity contribution in [2.24, 2.45) is 5.92 Å². The molecular weight excluding hydrogens is 608 g/mol. The Bertz CT molecular complexity index is 1110. The summed E-state index contributed by atoms with van der Waals surface area (Å²) >= 11 is 1.43. The number of hydrogen-bond donors (Lipinski definition) is 3. The van der Waals surface area contributed by atoms with Gasteiger partial charge in [0.15, 0.2) is 6.10 Å². The summed E-state index contributed by atoms with van der Waals surface area (Å²) in [5, 5.41) is 17.5. The molecule has 1 saturated carbocycles. The van der Waals surface area contributed by atoms with Gasteiger partial charge in [0.05, 0.1) is 23.9 Å². The smallest absolute Gasteiger partial charge is 0.410 e. The van der Waals surface area contributed by atoms with Crippen molar-refractivity contribution in [2.75, 3.05) is 52.0 Å². The molecule has 4 rings (SSSR count). The molecular formula is C34H54N4O7S. The van der Waals surface area contributed by atoms with E-state index in [0.717, 1.165) is 44.3 Å². The van der Waals surface area contributed by atoms with E-state index >= 15 is 0 Å². The van der Waals surface area contributed by atoms with Crippen molar-refractivity contribution >= 4 is 29.7 Å². The topological polar surface area (TPSA) is 130 Å². The molecule has 258 valence electrons. The Morgan fingerprint density at radius 3 is 2.35 bits per heavy atom. The molecule has 5 atom stereocenters. The first kappa shape index (κ1) is 36.5. The number of amides is 3. The van der Waals surface area contributed by atoms with Crippen LogP contribution < -0.4 is 10.6 Å². The van der Waals surface area contributed by atoms with Gasteiger partial charge in [-0.15, -0.1) is 0 Å². The number of piperazine rings is 1. The molecule has 0 radical (unpaired) electrons. The Morgan fingerprint density at radius 2 is 1.72 bits per heavy atom. The molecule has 0 spiro atoms. The van der Waals surface area contributed by atoms with Crippen LogP contribution >= 0.6 is 11.8 Å². The number of aliphatic hydroxyl groups is 1. The number of aliphatic hydroxyl groups excluding tert-OH is 1. The highest BCUT2D eigenvalue weighted by Crippen LogP contribution is 2.32. The second-order valence-electron chi connectivity index (χ2n) is 13.5. The summed E-state index contributed by atoms with van der Waals surface area (Å²) in [5.41, 5.74) is 0.307. The van der Waals surface area contributed by atoms with E-state index < -0.39 is 41.9 Å². The minimum Gasteiger partial charge on any atom is -0.436 e. The van der Waals surface area contributed by atoms with Gasteiger partial charge in [-0.1, -0.05) is 62.4 Å². The molecule has 2 heterocycles. The van der Waals surface area contributed by atoms with Crippen LogP contribution in [0, 0.1) is 5.92 Å². The van der Waals surface area contributed by atoms with Gasteiger partial charge in [-0.3, -0.25) is 9.59 Å². The van der Waals surface area contributed by atoms with E-state index in [2.05, 4.69) is 15.5 Å². The molecule has 0 unspecified atom stereocenters. The zero-order chi connectivity index (χ0) is 33.1. The Hall–Kier alpha value is -2.38. The highest BCUT2D eigenvalue weighted by molar-refractivity contribution is 7.98. The summed E-state index contributed by atoms with van der Waals surface area (Å²) in [6, 6.07) is 8.01. The van der Waals surface area contributed by atoms with Gasteiger partial charge >= 0.3 is 6.09 Å². The predicted molar refractivity (Wildman–Crippen MR) is 178 cm³/mol.